The second-order valence-corrected chi connectivity index (χ2v) is 8.57. The zero-order valence-corrected chi connectivity index (χ0v) is 18.1. The Hall–Kier alpha value is -2.21. The molecule has 0 bridgehead atoms. The average Bonchev–Trinajstić information content (AvgIpc) is 3.15. The molecule has 1 aromatic carbocycles. The zero-order chi connectivity index (χ0) is 20.6. The predicted octanol–water partition coefficient (Wildman–Crippen LogP) is 5.57. The van der Waals surface area contributed by atoms with Crippen LogP contribution in [0.4, 0.5) is 5.13 Å². The van der Waals surface area contributed by atoms with Gasteiger partial charge in [-0.05, 0) is 62.1 Å². The van der Waals surface area contributed by atoms with Crippen LogP contribution >= 0.6 is 11.3 Å². The number of nitrogens with zero attached hydrogens (tertiary/aromatic N) is 1. The topological polar surface area (TPSA) is 68.3 Å². The fraction of sp³-hybridized carbons (Fsp3) is 0.522. The number of esters is 1. The third kappa shape index (κ3) is 6.13. The first-order valence-corrected chi connectivity index (χ1v) is 11.5. The summed E-state index contributed by atoms with van der Waals surface area (Å²) in [6, 6.07) is 7.98. The highest BCUT2D eigenvalue weighted by molar-refractivity contribution is 7.14. The van der Waals surface area contributed by atoms with Crippen LogP contribution in [0.25, 0.3) is 0 Å². The van der Waals surface area contributed by atoms with Crippen LogP contribution in [0.15, 0.2) is 29.6 Å². The monoisotopic (exact) mass is 414 g/mol. The van der Waals surface area contributed by atoms with Crippen LogP contribution in [0.2, 0.25) is 0 Å². The van der Waals surface area contributed by atoms with Crippen molar-refractivity contribution in [3.05, 3.63) is 46.5 Å². The molecule has 1 N–H and O–H groups in total. The maximum Gasteiger partial charge on any atom is 0.311 e. The molecule has 0 saturated heterocycles. The molecule has 156 valence electrons. The Labute approximate surface area is 176 Å². The molecular weight excluding hydrogens is 384 g/mol. The summed E-state index contributed by atoms with van der Waals surface area (Å²) in [6.45, 7) is 4.39. The van der Waals surface area contributed by atoms with E-state index in [-0.39, 0.29) is 18.3 Å². The van der Waals surface area contributed by atoms with Crippen LogP contribution in [-0.4, -0.2) is 23.5 Å². The Kier molecular flexibility index (Phi) is 7.81. The van der Waals surface area contributed by atoms with Gasteiger partial charge in [-0.25, -0.2) is 4.98 Å². The van der Waals surface area contributed by atoms with Gasteiger partial charge < -0.3 is 4.74 Å². The van der Waals surface area contributed by atoms with Gasteiger partial charge in [0, 0.05) is 10.9 Å². The largest absolute Gasteiger partial charge is 0.466 e. The lowest BCUT2D eigenvalue weighted by Crippen LogP contribution is -2.14. The van der Waals surface area contributed by atoms with Gasteiger partial charge >= 0.3 is 5.97 Å². The van der Waals surface area contributed by atoms with Crippen molar-refractivity contribution in [3.8, 4) is 0 Å². The van der Waals surface area contributed by atoms with E-state index in [0.717, 1.165) is 5.92 Å². The number of ether oxygens (including phenoxy) is 1. The van der Waals surface area contributed by atoms with Crippen molar-refractivity contribution in [2.24, 2.45) is 5.92 Å². The summed E-state index contributed by atoms with van der Waals surface area (Å²) in [5.74, 6) is 1.02. The number of nitrogens with one attached hydrogen (secondary N) is 1. The molecule has 1 fully saturated rings. The van der Waals surface area contributed by atoms with Crippen LogP contribution in [-0.2, 0) is 16.0 Å². The first-order valence-electron chi connectivity index (χ1n) is 10.6. The van der Waals surface area contributed by atoms with Gasteiger partial charge in [-0.15, -0.1) is 11.3 Å². The lowest BCUT2D eigenvalue weighted by atomic mass is 9.77. The summed E-state index contributed by atoms with van der Waals surface area (Å²) < 4.78 is 4.92. The molecule has 0 radical (unpaired) electrons. The molecule has 0 aliphatic heterocycles. The molecule has 1 saturated carbocycles. The van der Waals surface area contributed by atoms with Crippen molar-refractivity contribution in [1.29, 1.82) is 0 Å². The van der Waals surface area contributed by atoms with Gasteiger partial charge in [0.2, 0.25) is 0 Å². The molecule has 1 amide bonds. The minimum absolute atomic E-state index is 0.120. The number of benzene rings is 1. The Morgan fingerprint density at radius 1 is 1.14 bits per heavy atom. The van der Waals surface area contributed by atoms with Gasteiger partial charge in [-0.1, -0.05) is 31.9 Å². The molecule has 1 aromatic heterocycles. The van der Waals surface area contributed by atoms with E-state index in [0.29, 0.717) is 28.9 Å². The molecule has 6 heteroatoms. The van der Waals surface area contributed by atoms with Gasteiger partial charge in [0.1, 0.15) is 0 Å². The number of carbonyl (C=O) groups is 2. The highest BCUT2D eigenvalue weighted by Crippen LogP contribution is 2.37. The summed E-state index contributed by atoms with van der Waals surface area (Å²) in [5, 5.41) is 5.08. The Morgan fingerprint density at radius 2 is 1.86 bits per heavy atom. The highest BCUT2D eigenvalue weighted by atomic mass is 32.1. The van der Waals surface area contributed by atoms with Crippen molar-refractivity contribution in [3.63, 3.8) is 0 Å². The zero-order valence-electron chi connectivity index (χ0n) is 17.3. The summed E-state index contributed by atoms with van der Waals surface area (Å²) >= 11 is 1.31. The van der Waals surface area contributed by atoms with Crippen LogP contribution < -0.4 is 5.32 Å². The summed E-state index contributed by atoms with van der Waals surface area (Å²) in [5.41, 5.74) is 2.57. The van der Waals surface area contributed by atoms with Crippen LogP contribution in [0.5, 0.6) is 0 Å². The molecule has 0 unspecified atom stereocenters. The molecule has 5 nitrogen and oxygen atoms in total. The van der Waals surface area contributed by atoms with E-state index in [2.05, 4.69) is 29.4 Å². The third-order valence-corrected chi connectivity index (χ3v) is 6.40. The summed E-state index contributed by atoms with van der Waals surface area (Å²) in [6.07, 6.45) is 7.89. The maximum absolute atomic E-state index is 12.5. The fourth-order valence-corrected chi connectivity index (χ4v) is 4.78. The number of aromatic nitrogens is 1. The molecule has 1 heterocycles. The number of carbonyl (C=O) groups excluding carboxylic acids is 2. The van der Waals surface area contributed by atoms with Crippen molar-refractivity contribution >= 4 is 28.3 Å². The normalized spacial score (nSPS) is 19.0. The summed E-state index contributed by atoms with van der Waals surface area (Å²) in [7, 11) is 0. The lowest BCUT2D eigenvalue weighted by Gasteiger charge is -2.28. The van der Waals surface area contributed by atoms with Gasteiger partial charge in [0.15, 0.2) is 5.13 Å². The Morgan fingerprint density at radius 3 is 2.52 bits per heavy atom. The van der Waals surface area contributed by atoms with E-state index in [1.165, 1.54) is 55.4 Å². The number of hydrogen-bond donors (Lipinski definition) is 1. The number of thiazole rings is 1. The van der Waals surface area contributed by atoms with Crippen molar-refractivity contribution in [2.45, 2.75) is 64.7 Å². The maximum atomic E-state index is 12.5. The quantitative estimate of drug-likeness (QED) is 0.573. The van der Waals surface area contributed by atoms with E-state index in [4.69, 9.17) is 4.74 Å². The Balaban J connectivity index is 1.53. The Bertz CT molecular complexity index is 808. The fourth-order valence-electron chi connectivity index (χ4n) is 4.07. The standard InChI is InChI=1S/C23H30N2O3S/c1-3-5-16-6-8-17(9-7-16)18-10-12-19(13-11-18)22(27)25-23-24-20(15-29-23)14-21(26)28-4-2/h10-13,15-17H,3-9,14H2,1-2H3,(H,24,25,27). The average molecular weight is 415 g/mol. The predicted molar refractivity (Wildman–Crippen MR) is 116 cm³/mol. The van der Waals surface area contributed by atoms with E-state index in [9.17, 15) is 9.59 Å². The molecule has 3 rings (SSSR count). The number of amides is 1. The number of hydrogen-bond acceptors (Lipinski definition) is 5. The van der Waals surface area contributed by atoms with Gasteiger partial charge in [0.25, 0.3) is 5.91 Å². The first kappa shape index (κ1) is 21.5. The van der Waals surface area contributed by atoms with Crippen LogP contribution in [0.3, 0.4) is 0 Å². The number of anilines is 1. The minimum atomic E-state index is -0.310. The molecular formula is C23H30N2O3S. The van der Waals surface area contributed by atoms with Gasteiger partial charge in [-0.3, -0.25) is 14.9 Å². The third-order valence-electron chi connectivity index (χ3n) is 5.59. The number of rotatable bonds is 8. The molecule has 1 aliphatic rings. The molecule has 2 aromatic rings. The van der Waals surface area contributed by atoms with Crippen LogP contribution in [0.1, 0.15) is 79.9 Å². The second kappa shape index (κ2) is 10.5. The van der Waals surface area contributed by atoms with E-state index in [1.807, 2.05) is 12.1 Å². The molecule has 1 aliphatic carbocycles. The SMILES string of the molecule is CCCC1CCC(c2ccc(C(=O)Nc3nc(CC(=O)OCC)cs3)cc2)CC1. The van der Waals surface area contributed by atoms with Crippen molar-refractivity contribution in [2.75, 3.05) is 11.9 Å². The highest BCUT2D eigenvalue weighted by Gasteiger charge is 2.22. The smallest absolute Gasteiger partial charge is 0.311 e. The van der Waals surface area contributed by atoms with Crippen molar-refractivity contribution in [1.82, 2.24) is 4.98 Å². The summed E-state index contributed by atoms with van der Waals surface area (Å²) in [4.78, 5) is 28.3. The van der Waals surface area contributed by atoms with E-state index >= 15 is 0 Å². The van der Waals surface area contributed by atoms with Crippen LogP contribution in [0, 0.1) is 5.92 Å². The van der Waals surface area contributed by atoms with E-state index in [1.54, 1.807) is 12.3 Å². The molecule has 29 heavy (non-hydrogen) atoms. The van der Waals surface area contributed by atoms with Crippen molar-refractivity contribution < 1.29 is 14.3 Å². The molecule has 0 spiro atoms. The minimum Gasteiger partial charge on any atom is -0.466 e. The van der Waals surface area contributed by atoms with E-state index < -0.39 is 0 Å². The molecule has 0 atom stereocenters. The second-order valence-electron chi connectivity index (χ2n) is 7.71. The first-order chi connectivity index (χ1) is 14.1. The van der Waals surface area contributed by atoms with Gasteiger partial charge in [0.05, 0.1) is 18.7 Å². The van der Waals surface area contributed by atoms with Gasteiger partial charge in [-0.2, -0.15) is 0 Å². The lowest BCUT2D eigenvalue weighted by molar-refractivity contribution is -0.142.